The number of nitrogens with two attached hydrogens (primary N) is 1. The minimum absolute atomic E-state index is 0.0233. The van der Waals surface area contributed by atoms with E-state index < -0.39 is 35.2 Å². The van der Waals surface area contributed by atoms with Gasteiger partial charge < -0.3 is 25.8 Å². The van der Waals surface area contributed by atoms with Gasteiger partial charge in [-0.05, 0) is 38.7 Å². The number of aliphatic hydroxyl groups is 1. The van der Waals surface area contributed by atoms with Crippen LogP contribution in [0.25, 0.3) is 16.6 Å². The lowest BCUT2D eigenvalue weighted by Gasteiger charge is -2.26. The number of aliphatic hydroxyl groups excluding tert-OH is 1. The molecule has 0 aliphatic rings. The molecule has 3 rings (SSSR count). The monoisotopic (exact) mass is 480 g/mol. The Morgan fingerprint density at radius 2 is 1.94 bits per heavy atom. The molecule has 33 heavy (non-hydrogen) atoms. The first-order valence-electron chi connectivity index (χ1n) is 9.94. The number of nitrogens with one attached hydrogen (secondary N) is 1. The van der Waals surface area contributed by atoms with Gasteiger partial charge in [0.1, 0.15) is 17.2 Å². The van der Waals surface area contributed by atoms with E-state index in [-0.39, 0.29) is 44.7 Å². The van der Waals surface area contributed by atoms with Crippen molar-refractivity contribution < 1.29 is 23.8 Å². The minimum Gasteiger partial charge on any atom is -0.477 e. The molecule has 1 heterocycles. The molecule has 0 aliphatic carbocycles. The number of carboxylic acid groups (broad SMARTS) is 1. The number of nitrogens with zero attached hydrogens (tertiary/aromatic N) is 2. The van der Waals surface area contributed by atoms with Crippen molar-refractivity contribution in [1.82, 2.24) is 9.47 Å². The van der Waals surface area contributed by atoms with E-state index in [9.17, 15) is 24.2 Å². The van der Waals surface area contributed by atoms with Crippen LogP contribution < -0.4 is 16.5 Å². The fraction of sp³-hybridized carbons (Fsp3) is 0.273. The van der Waals surface area contributed by atoms with Crippen molar-refractivity contribution in [3.63, 3.8) is 0 Å². The second-order valence-electron chi connectivity index (χ2n) is 7.68. The lowest BCUT2D eigenvalue weighted by Crippen LogP contribution is -2.35. The average Bonchev–Trinajstić information content (AvgIpc) is 2.75. The van der Waals surface area contributed by atoms with Gasteiger partial charge in [-0.15, -0.1) is 0 Å². The van der Waals surface area contributed by atoms with Crippen molar-refractivity contribution in [1.29, 1.82) is 0 Å². The molecule has 0 radical (unpaired) electrons. The van der Waals surface area contributed by atoms with E-state index in [0.29, 0.717) is 6.42 Å². The lowest BCUT2D eigenvalue weighted by atomic mass is 10.1. The topological polar surface area (TPSA) is 121 Å². The first-order valence-corrected chi connectivity index (χ1v) is 10.3. The summed E-state index contributed by atoms with van der Waals surface area (Å²) >= 11 is 6.58. The third-order valence-corrected chi connectivity index (χ3v) is 5.73. The number of aromatic carboxylic acids is 1. The van der Waals surface area contributed by atoms with Crippen molar-refractivity contribution in [3.05, 3.63) is 62.4 Å². The van der Waals surface area contributed by atoms with E-state index in [2.05, 4.69) is 5.32 Å². The van der Waals surface area contributed by atoms with Gasteiger partial charge in [0.05, 0.1) is 45.8 Å². The zero-order chi connectivity index (χ0) is 24.6. The van der Waals surface area contributed by atoms with Crippen LogP contribution in [0.1, 0.15) is 29.3 Å². The number of nitrogen functional groups attached to an aromatic ring is 1. The molecule has 176 valence electrons. The third-order valence-electron chi connectivity index (χ3n) is 5.36. The zero-order valence-electron chi connectivity index (χ0n) is 18.1. The van der Waals surface area contributed by atoms with Crippen LogP contribution in [0.5, 0.6) is 0 Å². The Hall–Kier alpha value is -3.21. The van der Waals surface area contributed by atoms with E-state index in [0.717, 1.165) is 18.3 Å². The molecule has 1 unspecified atom stereocenters. The molecule has 5 N–H and O–H groups in total. The van der Waals surface area contributed by atoms with Crippen LogP contribution in [-0.4, -0.2) is 45.9 Å². The van der Waals surface area contributed by atoms with E-state index in [1.807, 2.05) is 11.8 Å². The molecule has 2 aromatic carbocycles. The number of aromatic nitrogens is 1. The van der Waals surface area contributed by atoms with E-state index in [1.165, 1.54) is 10.6 Å². The van der Waals surface area contributed by atoms with Crippen molar-refractivity contribution in [2.24, 2.45) is 0 Å². The standard InChI is InChI=1S/C22H23ClF2N4O4/c1-4-17(28(2)3)27-19-14(25)6-11-20(18(19)23)29(8-12(21(11)31)22(32)33)16-7-15(26)13(24)5-10(16)9-30/h5-8,17,27,30H,4,9,26H2,1-3H3,(H,32,33). The van der Waals surface area contributed by atoms with Crippen LogP contribution in [0.4, 0.5) is 20.2 Å². The van der Waals surface area contributed by atoms with Crippen molar-refractivity contribution in [2.75, 3.05) is 25.1 Å². The van der Waals surface area contributed by atoms with Crippen LogP contribution in [0.2, 0.25) is 5.02 Å². The van der Waals surface area contributed by atoms with Crippen molar-refractivity contribution in [3.8, 4) is 5.69 Å². The zero-order valence-corrected chi connectivity index (χ0v) is 18.9. The molecule has 0 saturated carbocycles. The van der Waals surface area contributed by atoms with Gasteiger partial charge in [0.15, 0.2) is 0 Å². The maximum absolute atomic E-state index is 15.1. The highest BCUT2D eigenvalue weighted by atomic mass is 35.5. The van der Waals surface area contributed by atoms with E-state index in [1.54, 1.807) is 14.1 Å². The first kappa shape index (κ1) is 24.4. The van der Waals surface area contributed by atoms with Crippen LogP contribution >= 0.6 is 11.6 Å². The molecule has 8 nitrogen and oxygen atoms in total. The first-order chi connectivity index (χ1) is 15.5. The summed E-state index contributed by atoms with van der Waals surface area (Å²) in [7, 11) is 3.58. The average molecular weight is 481 g/mol. The highest BCUT2D eigenvalue weighted by Gasteiger charge is 2.24. The molecule has 0 amide bonds. The Morgan fingerprint density at radius 3 is 2.48 bits per heavy atom. The van der Waals surface area contributed by atoms with Crippen LogP contribution in [0, 0.1) is 11.6 Å². The SMILES string of the molecule is CCC(Nc1c(F)cc2c(=O)c(C(=O)O)cn(-c3cc(N)c(F)cc3CO)c2c1Cl)N(C)C. The predicted octanol–water partition coefficient (Wildman–Crippen LogP) is 3.40. The predicted molar refractivity (Wildman–Crippen MR) is 123 cm³/mol. The second kappa shape index (κ2) is 9.34. The molecule has 1 atom stereocenters. The van der Waals surface area contributed by atoms with Gasteiger partial charge in [-0.1, -0.05) is 18.5 Å². The Kier molecular flexibility index (Phi) is 6.92. The van der Waals surface area contributed by atoms with Gasteiger partial charge in [-0.25, -0.2) is 13.6 Å². The maximum atomic E-state index is 15.1. The summed E-state index contributed by atoms with van der Waals surface area (Å²) in [4.78, 5) is 26.4. The van der Waals surface area contributed by atoms with Crippen LogP contribution in [0.3, 0.4) is 0 Å². The summed E-state index contributed by atoms with van der Waals surface area (Å²) in [5.74, 6) is -3.18. The van der Waals surface area contributed by atoms with Gasteiger partial charge in [0.25, 0.3) is 0 Å². The normalized spacial score (nSPS) is 12.4. The summed E-state index contributed by atoms with van der Waals surface area (Å²) in [6, 6.07) is 3.07. The lowest BCUT2D eigenvalue weighted by molar-refractivity contribution is 0.0695. The van der Waals surface area contributed by atoms with Gasteiger partial charge in [-0.3, -0.25) is 9.69 Å². The smallest absolute Gasteiger partial charge is 0.341 e. The largest absolute Gasteiger partial charge is 0.477 e. The summed E-state index contributed by atoms with van der Waals surface area (Å²) in [6.07, 6.45) is 1.28. The number of carboxylic acids is 1. The summed E-state index contributed by atoms with van der Waals surface area (Å²) in [5, 5.41) is 21.8. The number of hydrogen-bond acceptors (Lipinski definition) is 6. The number of rotatable bonds is 7. The Balaban J connectivity index is 2.48. The van der Waals surface area contributed by atoms with Crippen LogP contribution in [0.15, 0.2) is 29.2 Å². The van der Waals surface area contributed by atoms with E-state index in [4.69, 9.17) is 17.3 Å². The fourth-order valence-electron chi connectivity index (χ4n) is 3.62. The number of carbonyl (C=O) groups is 1. The minimum atomic E-state index is -1.55. The molecule has 11 heteroatoms. The number of anilines is 2. The quantitative estimate of drug-likeness (QED) is 0.302. The molecule has 0 fully saturated rings. The number of halogens is 3. The fourth-order valence-corrected chi connectivity index (χ4v) is 3.96. The number of fused-ring (bicyclic) bond motifs is 1. The van der Waals surface area contributed by atoms with Gasteiger partial charge >= 0.3 is 5.97 Å². The molecule has 0 saturated heterocycles. The van der Waals surface area contributed by atoms with Gasteiger partial charge in [0.2, 0.25) is 5.43 Å². The molecular formula is C22H23ClF2N4O4. The molecule has 0 spiro atoms. The van der Waals surface area contributed by atoms with Gasteiger partial charge in [0, 0.05) is 11.8 Å². The maximum Gasteiger partial charge on any atom is 0.341 e. The number of pyridine rings is 1. The summed E-state index contributed by atoms with van der Waals surface area (Å²) in [5.41, 5.74) is 3.84. The third kappa shape index (κ3) is 4.37. The Labute approximate surface area is 192 Å². The molecule has 3 aromatic rings. The van der Waals surface area contributed by atoms with Crippen molar-refractivity contribution in [2.45, 2.75) is 26.1 Å². The van der Waals surface area contributed by atoms with Crippen LogP contribution in [-0.2, 0) is 6.61 Å². The molecule has 0 aliphatic heterocycles. The summed E-state index contributed by atoms with van der Waals surface area (Å²) < 4.78 is 30.3. The number of benzene rings is 2. The Morgan fingerprint density at radius 1 is 1.27 bits per heavy atom. The van der Waals surface area contributed by atoms with E-state index >= 15 is 4.39 Å². The molecule has 1 aromatic heterocycles. The molecule has 0 bridgehead atoms. The number of hydrogen-bond donors (Lipinski definition) is 4. The Bertz CT molecular complexity index is 1310. The van der Waals surface area contributed by atoms with Gasteiger partial charge in [-0.2, -0.15) is 0 Å². The highest BCUT2D eigenvalue weighted by molar-refractivity contribution is 6.38. The summed E-state index contributed by atoms with van der Waals surface area (Å²) in [6.45, 7) is 1.26. The molecular weight excluding hydrogens is 458 g/mol. The van der Waals surface area contributed by atoms with Crippen molar-refractivity contribution >= 4 is 39.8 Å². The highest BCUT2D eigenvalue weighted by Crippen LogP contribution is 2.36. The second-order valence-corrected chi connectivity index (χ2v) is 8.06.